The molecule has 0 unspecified atom stereocenters. The Hall–Kier alpha value is -5.30. The van der Waals surface area contributed by atoms with Crippen molar-refractivity contribution >= 4 is 32.0 Å². The van der Waals surface area contributed by atoms with E-state index in [1.807, 2.05) is 48.8 Å². The van der Waals surface area contributed by atoms with Crippen LogP contribution in [0.15, 0.2) is 97.6 Å². The Kier molecular flexibility index (Phi) is 7.83. The summed E-state index contributed by atoms with van der Waals surface area (Å²) in [6.45, 7) is 1.41. The Balaban J connectivity index is 1.19. The van der Waals surface area contributed by atoms with Crippen molar-refractivity contribution in [1.29, 1.82) is 0 Å². The molecule has 0 aliphatic heterocycles. The first-order chi connectivity index (χ1) is 22.3. The smallest absolute Gasteiger partial charge is 0.209 e. The number of H-pyrrole nitrogens is 2. The summed E-state index contributed by atoms with van der Waals surface area (Å²) in [6, 6.07) is 22.6. The van der Waals surface area contributed by atoms with Crippen LogP contribution in [-0.4, -0.2) is 44.8 Å². The van der Waals surface area contributed by atoms with E-state index in [9.17, 15) is 12.8 Å². The van der Waals surface area contributed by atoms with Gasteiger partial charge >= 0.3 is 0 Å². The fourth-order valence-electron chi connectivity index (χ4n) is 5.47. The lowest BCUT2D eigenvalue weighted by molar-refractivity contribution is 0.586. The van der Waals surface area contributed by atoms with Gasteiger partial charge in [-0.25, -0.2) is 22.5 Å². The number of sulfonamides is 1. The molecule has 10 nitrogen and oxygen atoms in total. The van der Waals surface area contributed by atoms with Crippen LogP contribution in [-0.2, 0) is 29.7 Å². The molecule has 0 saturated carbocycles. The zero-order chi connectivity index (χ0) is 31.7. The minimum atomic E-state index is -3.44. The van der Waals surface area contributed by atoms with Crippen LogP contribution in [0.1, 0.15) is 16.7 Å². The summed E-state index contributed by atoms with van der Waals surface area (Å²) >= 11 is 0. The fraction of sp³-hybridized carbons (Fsp3) is 0.118. The zero-order valence-corrected chi connectivity index (χ0v) is 25.6. The summed E-state index contributed by atoms with van der Waals surface area (Å²) in [5.74, 6) is -0.486. The van der Waals surface area contributed by atoms with E-state index < -0.39 is 15.8 Å². The number of fused-ring (bicyclic) bond motifs is 2. The second-order valence-corrected chi connectivity index (χ2v) is 12.9. The Morgan fingerprint density at radius 2 is 1.57 bits per heavy atom. The first-order valence-electron chi connectivity index (χ1n) is 14.5. The molecule has 230 valence electrons. The van der Waals surface area contributed by atoms with Gasteiger partial charge in [-0.15, -0.1) is 0 Å². The molecule has 0 bridgehead atoms. The van der Waals surface area contributed by atoms with Crippen molar-refractivity contribution in [3.63, 3.8) is 0 Å². The predicted molar refractivity (Wildman–Crippen MR) is 176 cm³/mol. The molecule has 0 atom stereocenters. The average molecular weight is 633 g/mol. The summed E-state index contributed by atoms with van der Waals surface area (Å²) in [7, 11) is -3.44. The summed E-state index contributed by atoms with van der Waals surface area (Å²) in [4.78, 5) is 17.1. The number of rotatable bonds is 10. The molecule has 0 amide bonds. The number of nitrogens with zero attached hydrogens (tertiary/aromatic N) is 4. The van der Waals surface area contributed by atoms with Crippen LogP contribution in [0.4, 0.5) is 4.39 Å². The van der Waals surface area contributed by atoms with E-state index in [0.29, 0.717) is 34.7 Å². The van der Waals surface area contributed by atoms with Gasteiger partial charge in [0.25, 0.3) is 0 Å². The van der Waals surface area contributed by atoms with Gasteiger partial charge in [-0.2, -0.15) is 5.10 Å². The van der Waals surface area contributed by atoms with Crippen LogP contribution in [0.5, 0.6) is 0 Å². The van der Waals surface area contributed by atoms with E-state index in [-0.39, 0.29) is 6.54 Å². The Bertz CT molecular complexity index is 2300. The van der Waals surface area contributed by atoms with Crippen LogP contribution >= 0.6 is 0 Å². The van der Waals surface area contributed by atoms with Crippen molar-refractivity contribution in [2.75, 3.05) is 6.26 Å². The summed E-state index contributed by atoms with van der Waals surface area (Å²) in [6.07, 6.45) is 8.19. The minimum Gasteiger partial charge on any atom is -0.353 e. The average Bonchev–Trinajstić information content (AvgIpc) is 3.68. The number of hydrogen-bond donors (Lipinski definition) is 4. The van der Waals surface area contributed by atoms with Crippen molar-refractivity contribution < 1.29 is 12.8 Å². The minimum absolute atomic E-state index is 0.0326. The van der Waals surface area contributed by atoms with Crippen LogP contribution in [0.2, 0.25) is 0 Å². The fourth-order valence-corrected chi connectivity index (χ4v) is 5.90. The lowest BCUT2D eigenvalue weighted by Gasteiger charge is -2.08. The molecule has 7 aromatic rings. The van der Waals surface area contributed by atoms with Gasteiger partial charge in [0, 0.05) is 77.4 Å². The van der Waals surface area contributed by atoms with Crippen molar-refractivity contribution in [2.24, 2.45) is 0 Å². The van der Waals surface area contributed by atoms with Crippen molar-refractivity contribution in [1.82, 2.24) is 40.2 Å². The molecule has 7 rings (SSSR count). The van der Waals surface area contributed by atoms with Crippen molar-refractivity contribution in [3.05, 3.63) is 120 Å². The largest absolute Gasteiger partial charge is 0.353 e. The Labute approximate surface area is 264 Å². The molecule has 0 aliphatic carbocycles. The van der Waals surface area contributed by atoms with Crippen LogP contribution in [0.25, 0.3) is 55.7 Å². The lowest BCUT2D eigenvalue weighted by Crippen LogP contribution is -2.21. The van der Waals surface area contributed by atoms with E-state index in [1.165, 1.54) is 17.7 Å². The highest BCUT2D eigenvalue weighted by Crippen LogP contribution is 2.34. The Morgan fingerprint density at radius 1 is 0.761 bits per heavy atom. The van der Waals surface area contributed by atoms with Gasteiger partial charge in [0.1, 0.15) is 11.5 Å². The third-order valence-electron chi connectivity index (χ3n) is 7.62. The first kappa shape index (κ1) is 29.4. The molecule has 4 N–H and O–H groups in total. The second-order valence-electron chi connectivity index (χ2n) is 11.1. The molecule has 5 aromatic heterocycles. The van der Waals surface area contributed by atoms with E-state index in [2.05, 4.69) is 58.4 Å². The van der Waals surface area contributed by atoms with Gasteiger partial charge in [-0.3, -0.25) is 15.1 Å². The number of aromatic nitrogens is 6. The van der Waals surface area contributed by atoms with Gasteiger partial charge in [0.2, 0.25) is 10.0 Å². The number of nitrogens with one attached hydrogen (secondary N) is 4. The molecule has 0 aliphatic rings. The maximum absolute atomic E-state index is 14.6. The topological polar surface area (TPSA) is 141 Å². The number of pyridine rings is 3. The van der Waals surface area contributed by atoms with Crippen LogP contribution < -0.4 is 10.0 Å². The van der Waals surface area contributed by atoms with Gasteiger partial charge < -0.3 is 10.3 Å². The number of halogens is 1. The molecule has 0 spiro atoms. The third kappa shape index (κ3) is 6.40. The number of hydrogen-bond acceptors (Lipinski definition) is 7. The van der Waals surface area contributed by atoms with E-state index in [4.69, 9.17) is 0 Å². The summed E-state index contributed by atoms with van der Waals surface area (Å²) in [5, 5.41) is 12.7. The lowest BCUT2D eigenvalue weighted by atomic mass is 10.0. The zero-order valence-electron chi connectivity index (χ0n) is 24.8. The molecular formula is C34H29FN8O2S. The van der Waals surface area contributed by atoms with Crippen LogP contribution in [0.3, 0.4) is 0 Å². The SMILES string of the molecule is CS(=O)(=O)NCc1cc(F)cc(-c2nccc3[nH]c(-c4n[nH]c5ncc(-c6cncc(CNCc7ccccc7)c6)cc45)cc23)c1. The quantitative estimate of drug-likeness (QED) is 0.151. The van der Waals surface area contributed by atoms with Gasteiger partial charge in [-0.05, 0) is 59.2 Å². The third-order valence-corrected chi connectivity index (χ3v) is 8.29. The van der Waals surface area contributed by atoms with Crippen LogP contribution in [0, 0.1) is 5.82 Å². The molecule has 0 saturated heterocycles. The highest BCUT2D eigenvalue weighted by atomic mass is 32.2. The molecule has 12 heteroatoms. The van der Waals surface area contributed by atoms with Gasteiger partial charge in [0.15, 0.2) is 5.65 Å². The van der Waals surface area contributed by atoms with E-state index in [0.717, 1.165) is 51.5 Å². The molecule has 0 radical (unpaired) electrons. The summed E-state index contributed by atoms with van der Waals surface area (Å²) in [5.41, 5.74) is 8.54. The standard InChI is InChI=1S/C34H29FN8O2S/c1-46(44,45)40-18-22-9-24(12-27(35)11-22)32-28-14-31(41-30(28)7-8-38-32)33-29-13-26(20-39-34(29)43-42-33)25-10-23(17-37-19-25)16-36-15-21-5-3-2-4-6-21/h2-14,17,19-20,36,40-41H,15-16,18H2,1H3,(H,39,42,43). The number of aromatic amines is 2. The molecule has 2 aromatic carbocycles. The van der Waals surface area contributed by atoms with Crippen molar-refractivity contribution in [3.8, 4) is 33.8 Å². The van der Waals surface area contributed by atoms with Gasteiger partial charge in [0.05, 0.1) is 17.6 Å². The van der Waals surface area contributed by atoms with Gasteiger partial charge in [-0.1, -0.05) is 30.3 Å². The molecule has 0 fully saturated rings. The summed E-state index contributed by atoms with van der Waals surface area (Å²) < 4.78 is 40.2. The maximum Gasteiger partial charge on any atom is 0.209 e. The number of benzene rings is 2. The normalized spacial score (nSPS) is 11.9. The monoisotopic (exact) mass is 632 g/mol. The van der Waals surface area contributed by atoms with Crippen molar-refractivity contribution in [2.45, 2.75) is 19.6 Å². The van der Waals surface area contributed by atoms with E-state index >= 15 is 0 Å². The molecular weight excluding hydrogens is 603 g/mol. The van der Waals surface area contributed by atoms with E-state index in [1.54, 1.807) is 18.5 Å². The molecule has 46 heavy (non-hydrogen) atoms. The predicted octanol–water partition coefficient (Wildman–Crippen LogP) is 5.71. The Morgan fingerprint density at radius 3 is 2.41 bits per heavy atom. The highest BCUT2D eigenvalue weighted by molar-refractivity contribution is 7.88. The maximum atomic E-state index is 14.6. The second kappa shape index (κ2) is 12.2. The first-order valence-corrected chi connectivity index (χ1v) is 16.4. The highest BCUT2D eigenvalue weighted by Gasteiger charge is 2.17. The molecule has 5 heterocycles.